The summed E-state index contributed by atoms with van der Waals surface area (Å²) in [6.45, 7) is -0.492. The molecule has 1 fully saturated rings. The van der Waals surface area contributed by atoms with Gasteiger partial charge in [0.05, 0.1) is 6.61 Å². The van der Waals surface area contributed by atoms with Crippen LogP contribution in [-0.4, -0.2) is 61.6 Å². The Labute approximate surface area is 112 Å². The number of aliphatic hydroxyl groups excluding tert-OH is 3. The average Bonchev–Trinajstić information content (AvgIpc) is 2.66. The molecule has 11 nitrogen and oxygen atoms in total. The summed E-state index contributed by atoms with van der Waals surface area (Å²) in [6.07, 6.45) is -3.72. The molecule has 0 spiro atoms. The van der Waals surface area contributed by atoms with E-state index in [0.717, 1.165) is 6.33 Å². The molecule has 0 aliphatic carbocycles. The number of rotatable bonds is 4. The van der Waals surface area contributed by atoms with Gasteiger partial charge >= 0.3 is 0 Å². The van der Waals surface area contributed by atoms with Crippen LogP contribution in [0.1, 0.15) is 0 Å². The van der Waals surface area contributed by atoms with Gasteiger partial charge in [-0.3, -0.25) is 0 Å². The van der Waals surface area contributed by atoms with Crippen LogP contribution in [0.4, 0.5) is 17.3 Å². The molecule has 5 atom stereocenters. The Morgan fingerprint density at radius 2 is 2.10 bits per heavy atom. The fourth-order valence-electron chi connectivity index (χ4n) is 1.87. The second-order valence-corrected chi connectivity index (χ2v) is 4.19. The highest BCUT2D eigenvalue weighted by molar-refractivity contribution is 5.67. The first kappa shape index (κ1) is 14.8. The van der Waals surface area contributed by atoms with Crippen molar-refractivity contribution in [2.75, 3.05) is 17.7 Å². The summed E-state index contributed by atoms with van der Waals surface area (Å²) in [5.41, 5.74) is 5.08. The van der Waals surface area contributed by atoms with Gasteiger partial charge in [-0.2, -0.15) is 5.23 Å². The minimum atomic E-state index is -1.36. The topological polar surface area (TPSA) is 181 Å². The molecule has 20 heavy (non-hydrogen) atoms. The highest BCUT2D eigenvalue weighted by atomic mass is 16.8. The molecule has 1 aromatic heterocycles. The van der Waals surface area contributed by atoms with Gasteiger partial charge in [0.2, 0.25) is 5.69 Å². The first-order valence-corrected chi connectivity index (χ1v) is 5.68. The molecule has 1 aliphatic heterocycles. The zero-order chi connectivity index (χ0) is 14.9. The van der Waals surface area contributed by atoms with Crippen LogP contribution in [0, 0.1) is 5.21 Å². The van der Waals surface area contributed by atoms with Gasteiger partial charge in [0.15, 0.2) is 17.9 Å². The summed E-state index contributed by atoms with van der Waals surface area (Å²) in [6, 6.07) is 0. The Balaban J connectivity index is 2.21. The Morgan fingerprint density at radius 1 is 1.40 bits per heavy atom. The Hall–Kier alpha value is -1.60. The average molecular weight is 289 g/mol. The highest BCUT2D eigenvalue weighted by Gasteiger charge is 2.43. The predicted octanol–water partition coefficient (Wildman–Crippen LogP) is -3.69. The van der Waals surface area contributed by atoms with E-state index in [0.29, 0.717) is 0 Å². The number of anilines is 2. The van der Waals surface area contributed by atoms with Gasteiger partial charge in [0.1, 0.15) is 24.6 Å². The molecule has 112 valence electrons. The molecule has 11 heteroatoms. The first-order chi connectivity index (χ1) is 9.45. The molecule has 2 heterocycles. The number of nitrogens with two attached hydrogens (primary N) is 1. The van der Waals surface area contributed by atoms with E-state index in [1.165, 1.54) is 0 Å². The third-order valence-corrected chi connectivity index (χ3v) is 2.91. The number of ether oxygens (including phenoxy) is 1. The van der Waals surface area contributed by atoms with Crippen LogP contribution < -0.4 is 16.3 Å². The minimum Gasteiger partial charge on any atom is -0.595 e. The summed E-state index contributed by atoms with van der Waals surface area (Å²) >= 11 is 0. The van der Waals surface area contributed by atoms with E-state index in [-0.39, 0.29) is 17.3 Å². The number of nitrogens with one attached hydrogen (secondary N) is 2. The van der Waals surface area contributed by atoms with E-state index in [2.05, 4.69) is 15.3 Å². The lowest BCUT2D eigenvalue weighted by molar-refractivity contribution is -0.990. The zero-order valence-corrected chi connectivity index (χ0v) is 10.2. The molecule has 0 saturated carbocycles. The van der Waals surface area contributed by atoms with Gasteiger partial charge in [-0.15, -0.1) is 0 Å². The van der Waals surface area contributed by atoms with Crippen molar-refractivity contribution in [2.24, 2.45) is 0 Å². The number of aliphatic hydroxyl groups is 3. The van der Waals surface area contributed by atoms with Crippen molar-refractivity contribution < 1.29 is 30.5 Å². The van der Waals surface area contributed by atoms with Crippen molar-refractivity contribution in [3.05, 3.63) is 11.5 Å². The van der Waals surface area contributed by atoms with Crippen LogP contribution in [0.3, 0.4) is 0 Å². The SMILES string of the molecule is Nc1ncnc(NC2OC(CO)C(O)C2O)c1[NH+]([O-])O. The molecule has 1 aliphatic rings. The molecule has 0 radical (unpaired) electrons. The Morgan fingerprint density at radius 3 is 2.65 bits per heavy atom. The second kappa shape index (κ2) is 5.80. The smallest absolute Gasteiger partial charge is 0.249 e. The third kappa shape index (κ3) is 2.64. The minimum absolute atomic E-state index is 0.153. The second-order valence-electron chi connectivity index (χ2n) is 4.19. The number of aromatic nitrogens is 2. The van der Waals surface area contributed by atoms with Gasteiger partial charge in [-0.1, -0.05) is 0 Å². The molecular weight excluding hydrogens is 274 g/mol. The molecular formula is C9H15N5O6. The van der Waals surface area contributed by atoms with E-state index < -0.39 is 36.4 Å². The van der Waals surface area contributed by atoms with Crippen LogP contribution in [-0.2, 0) is 4.74 Å². The van der Waals surface area contributed by atoms with Crippen molar-refractivity contribution >= 4 is 17.3 Å². The predicted molar refractivity (Wildman–Crippen MR) is 63.6 cm³/mol. The molecule has 8 N–H and O–H groups in total. The maximum Gasteiger partial charge on any atom is 0.249 e. The number of hydrogen-bond donors (Lipinski definition) is 7. The molecule has 1 aromatic rings. The quantitative estimate of drug-likeness (QED) is 0.272. The zero-order valence-electron chi connectivity index (χ0n) is 10.2. The van der Waals surface area contributed by atoms with Gasteiger partial charge in [0, 0.05) is 0 Å². The Kier molecular flexibility index (Phi) is 4.29. The van der Waals surface area contributed by atoms with Crippen LogP contribution in [0.25, 0.3) is 0 Å². The molecule has 0 amide bonds. The summed E-state index contributed by atoms with van der Waals surface area (Å²) in [4.78, 5) is 7.27. The van der Waals surface area contributed by atoms with E-state index in [1.54, 1.807) is 0 Å². The fraction of sp³-hybridized carbons (Fsp3) is 0.556. The lowest BCUT2D eigenvalue weighted by atomic mass is 10.1. The molecule has 0 aromatic carbocycles. The lowest BCUT2D eigenvalue weighted by Gasteiger charge is -2.20. The summed E-state index contributed by atoms with van der Waals surface area (Å²) < 4.78 is 5.16. The van der Waals surface area contributed by atoms with E-state index in [9.17, 15) is 15.4 Å². The third-order valence-electron chi connectivity index (χ3n) is 2.91. The van der Waals surface area contributed by atoms with Gasteiger partial charge in [-0.05, 0) is 0 Å². The molecule has 5 unspecified atom stereocenters. The summed E-state index contributed by atoms with van der Waals surface area (Å²) in [5, 5.41) is 49.6. The van der Waals surface area contributed by atoms with Crippen molar-refractivity contribution in [3.63, 3.8) is 0 Å². The van der Waals surface area contributed by atoms with Crippen LogP contribution in [0.15, 0.2) is 6.33 Å². The van der Waals surface area contributed by atoms with Crippen LogP contribution in [0.2, 0.25) is 0 Å². The van der Waals surface area contributed by atoms with Gasteiger partial charge in [-0.25, -0.2) is 15.2 Å². The molecule has 0 bridgehead atoms. The summed E-state index contributed by atoms with van der Waals surface area (Å²) in [7, 11) is 0. The van der Waals surface area contributed by atoms with Crippen molar-refractivity contribution in [3.8, 4) is 0 Å². The standard InChI is InChI=1S/C9H15N5O6/c10-7-4(14(18)19)8(12-2-11-7)13-9-6(17)5(16)3(1-15)20-9/h2-3,5-6,9,14-18H,1H2,(H3,10,11,12,13). The summed E-state index contributed by atoms with van der Waals surface area (Å²) in [5.74, 6) is -0.401. The first-order valence-electron chi connectivity index (χ1n) is 5.68. The maximum absolute atomic E-state index is 11.1. The highest BCUT2D eigenvalue weighted by Crippen LogP contribution is 2.26. The van der Waals surface area contributed by atoms with E-state index in [1.807, 2.05) is 0 Å². The normalized spacial score (nSPS) is 31.2. The lowest BCUT2D eigenvalue weighted by Crippen LogP contribution is -2.99. The number of nitrogen functional groups attached to an aromatic ring is 1. The van der Waals surface area contributed by atoms with Crippen LogP contribution in [0.5, 0.6) is 0 Å². The number of hydrogen-bond acceptors (Lipinski definition) is 10. The monoisotopic (exact) mass is 289 g/mol. The van der Waals surface area contributed by atoms with Crippen molar-refractivity contribution in [1.82, 2.24) is 9.97 Å². The van der Waals surface area contributed by atoms with E-state index >= 15 is 0 Å². The molecule has 1 saturated heterocycles. The number of nitrogens with zero attached hydrogens (tertiary/aromatic N) is 2. The van der Waals surface area contributed by atoms with Gasteiger partial charge < -0.3 is 36.3 Å². The molecule has 2 rings (SSSR count). The fourth-order valence-corrected chi connectivity index (χ4v) is 1.87. The Bertz CT molecular complexity index is 474. The van der Waals surface area contributed by atoms with E-state index in [4.69, 9.17) is 20.8 Å². The maximum atomic E-state index is 11.1. The largest absolute Gasteiger partial charge is 0.595 e. The van der Waals surface area contributed by atoms with Crippen LogP contribution >= 0.6 is 0 Å². The van der Waals surface area contributed by atoms with Crippen molar-refractivity contribution in [1.29, 1.82) is 0 Å². The van der Waals surface area contributed by atoms with Crippen molar-refractivity contribution in [2.45, 2.75) is 24.5 Å². The number of quaternary nitrogens is 1. The van der Waals surface area contributed by atoms with Gasteiger partial charge in [0.25, 0.3) is 0 Å².